The zero-order valence-corrected chi connectivity index (χ0v) is 5.62. The predicted molar refractivity (Wildman–Crippen MR) is 29.8 cm³/mol. The van der Waals surface area contributed by atoms with Gasteiger partial charge < -0.3 is 4.43 Å². The van der Waals surface area contributed by atoms with Crippen LogP contribution in [0.3, 0.4) is 0 Å². The molecular formula is C4H11OSi. The molecule has 0 spiro atoms. The standard InChI is InChI=1S/C4H11OSi/c1-5-6(2,3)4/h2H2,1,3-4H3. The Morgan fingerprint density at radius 1 is 1.50 bits per heavy atom. The molecule has 0 heterocycles. The Balaban J connectivity index is 3.17. The Labute approximate surface area is 40.5 Å². The molecule has 0 aliphatic heterocycles. The molecule has 1 nitrogen and oxygen atoms in total. The second kappa shape index (κ2) is 1.75. The molecule has 0 amide bonds. The van der Waals surface area contributed by atoms with Gasteiger partial charge in [-0.15, -0.1) is 0 Å². The number of hydrogen-bond donors (Lipinski definition) is 0. The van der Waals surface area contributed by atoms with Gasteiger partial charge in [0.2, 0.25) is 0 Å². The van der Waals surface area contributed by atoms with Crippen molar-refractivity contribution >= 4 is 8.32 Å². The SMILES string of the molecule is [CH2][Si](C)(C)OC. The second-order valence-electron chi connectivity index (χ2n) is 1.96. The molecule has 0 unspecified atom stereocenters. The summed E-state index contributed by atoms with van der Waals surface area (Å²) in [6.07, 6.45) is 0. The minimum atomic E-state index is -1.38. The summed E-state index contributed by atoms with van der Waals surface area (Å²) < 4.78 is 4.97. The van der Waals surface area contributed by atoms with Gasteiger partial charge in [0.25, 0.3) is 0 Å². The Hall–Kier alpha value is 0.177. The van der Waals surface area contributed by atoms with E-state index >= 15 is 0 Å². The van der Waals surface area contributed by atoms with Gasteiger partial charge >= 0.3 is 0 Å². The molecule has 0 aliphatic rings. The maximum Gasteiger partial charge on any atom is 0.186 e. The van der Waals surface area contributed by atoms with E-state index in [4.69, 9.17) is 4.43 Å². The van der Waals surface area contributed by atoms with Crippen molar-refractivity contribution in [2.24, 2.45) is 0 Å². The van der Waals surface area contributed by atoms with Crippen LogP contribution in [0.25, 0.3) is 0 Å². The zero-order valence-electron chi connectivity index (χ0n) is 4.62. The van der Waals surface area contributed by atoms with Gasteiger partial charge in [-0.2, -0.15) is 0 Å². The molecule has 0 fully saturated rings. The summed E-state index contributed by atoms with van der Waals surface area (Å²) in [5, 5.41) is 0. The Morgan fingerprint density at radius 3 is 1.67 bits per heavy atom. The normalized spacial score (nSPS) is 12.0. The number of rotatable bonds is 1. The molecule has 0 atom stereocenters. The third-order valence-electron chi connectivity index (χ3n) is 0.553. The molecule has 0 aromatic carbocycles. The van der Waals surface area contributed by atoms with E-state index in [1.807, 2.05) is 13.1 Å². The van der Waals surface area contributed by atoms with Crippen LogP contribution in [0.2, 0.25) is 13.1 Å². The molecule has 1 radical (unpaired) electrons. The zero-order chi connectivity index (χ0) is 5.21. The molecule has 0 saturated heterocycles. The van der Waals surface area contributed by atoms with E-state index in [1.54, 1.807) is 7.11 Å². The maximum absolute atomic E-state index is 4.97. The van der Waals surface area contributed by atoms with Gasteiger partial charge in [0.15, 0.2) is 8.32 Å². The highest BCUT2D eigenvalue weighted by Crippen LogP contribution is 1.95. The summed E-state index contributed by atoms with van der Waals surface area (Å²) in [5.74, 6) is 0. The average Bonchev–Trinajstić information content (AvgIpc) is 1.35. The molecular weight excluding hydrogens is 92.1 g/mol. The third kappa shape index (κ3) is 4.18. The Morgan fingerprint density at radius 2 is 1.67 bits per heavy atom. The van der Waals surface area contributed by atoms with E-state index < -0.39 is 8.32 Å². The van der Waals surface area contributed by atoms with Crippen LogP contribution in [-0.4, -0.2) is 15.4 Å². The topological polar surface area (TPSA) is 9.23 Å². The number of hydrogen-bond acceptors (Lipinski definition) is 1. The Bertz CT molecular complexity index is 37.3. The molecule has 0 saturated carbocycles. The van der Waals surface area contributed by atoms with Crippen molar-refractivity contribution in [1.82, 2.24) is 0 Å². The highest BCUT2D eigenvalue weighted by molar-refractivity contribution is 6.72. The summed E-state index contributed by atoms with van der Waals surface area (Å²) in [6, 6.07) is 0. The van der Waals surface area contributed by atoms with E-state index in [2.05, 4.69) is 6.55 Å². The van der Waals surface area contributed by atoms with Gasteiger partial charge in [0.05, 0.1) is 0 Å². The molecule has 6 heavy (non-hydrogen) atoms. The fourth-order valence-corrected chi connectivity index (χ4v) is 0. The minimum absolute atomic E-state index is 1.38. The average molecular weight is 103 g/mol. The van der Waals surface area contributed by atoms with Crippen LogP contribution >= 0.6 is 0 Å². The van der Waals surface area contributed by atoms with E-state index in [0.717, 1.165) is 0 Å². The summed E-state index contributed by atoms with van der Waals surface area (Å²) >= 11 is 0. The molecule has 2 heteroatoms. The van der Waals surface area contributed by atoms with Gasteiger partial charge in [0.1, 0.15) is 0 Å². The largest absolute Gasteiger partial charge is 0.420 e. The molecule has 0 aromatic heterocycles. The van der Waals surface area contributed by atoms with Crippen molar-refractivity contribution in [3.63, 3.8) is 0 Å². The van der Waals surface area contributed by atoms with Gasteiger partial charge in [-0.05, 0) is 19.6 Å². The van der Waals surface area contributed by atoms with Gasteiger partial charge in [0, 0.05) is 7.11 Å². The van der Waals surface area contributed by atoms with Crippen LogP contribution in [0.4, 0.5) is 0 Å². The fraction of sp³-hybridized carbons (Fsp3) is 0.750. The lowest BCUT2D eigenvalue weighted by Crippen LogP contribution is -2.23. The van der Waals surface area contributed by atoms with Crippen molar-refractivity contribution in [1.29, 1.82) is 0 Å². The van der Waals surface area contributed by atoms with E-state index in [9.17, 15) is 0 Å². The van der Waals surface area contributed by atoms with Crippen LogP contribution in [0.15, 0.2) is 0 Å². The molecule has 0 aromatic rings. The van der Waals surface area contributed by atoms with Crippen LogP contribution in [0.5, 0.6) is 0 Å². The first-order valence-electron chi connectivity index (χ1n) is 1.97. The molecule has 0 rings (SSSR count). The van der Waals surface area contributed by atoms with Crippen molar-refractivity contribution in [3.8, 4) is 0 Å². The summed E-state index contributed by atoms with van der Waals surface area (Å²) in [6.45, 7) is 7.90. The van der Waals surface area contributed by atoms with Crippen molar-refractivity contribution < 1.29 is 4.43 Å². The van der Waals surface area contributed by atoms with Crippen molar-refractivity contribution in [2.75, 3.05) is 7.11 Å². The smallest absolute Gasteiger partial charge is 0.186 e. The first-order chi connectivity index (χ1) is 2.56. The third-order valence-corrected chi connectivity index (χ3v) is 1.66. The van der Waals surface area contributed by atoms with E-state index in [1.165, 1.54) is 0 Å². The maximum atomic E-state index is 4.97. The van der Waals surface area contributed by atoms with Crippen LogP contribution < -0.4 is 0 Å². The lowest BCUT2D eigenvalue weighted by molar-refractivity contribution is 0.415. The van der Waals surface area contributed by atoms with Gasteiger partial charge in [-0.25, -0.2) is 0 Å². The first kappa shape index (κ1) is 6.18. The molecule has 37 valence electrons. The van der Waals surface area contributed by atoms with Crippen LogP contribution in [-0.2, 0) is 4.43 Å². The van der Waals surface area contributed by atoms with Gasteiger partial charge in [-0.1, -0.05) is 0 Å². The monoisotopic (exact) mass is 103 g/mol. The first-order valence-corrected chi connectivity index (χ1v) is 5.08. The quantitative estimate of drug-likeness (QED) is 0.453. The summed E-state index contributed by atoms with van der Waals surface area (Å²) in [4.78, 5) is 0. The van der Waals surface area contributed by atoms with Crippen molar-refractivity contribution in [2.45, 2.75) is 13.1 Å². The lowest BCUT2D eigenvalue weighted by Gasteiger charge is -2.10. The highest BCUT2D eigenvalue weighted by Gasteiger charge is 2.09. The molecule has 0 N–H and O–H groups in total. The van der Waals surface area contributed by atoms with Crippen molar-refractivity contribution in [3.05, 3.63) is 6.55 Å². The van der Waals surface area contributed by atoms with E-state index in [-0.39, 0.29) is 0 Å². The minimum Gasteiger partial charge on any atom is -0.420 e. The predicted octanol–water partition coefficient (Wildman–Crippen LogP) is 1.21. The van der Waals surface area contributed by atoms with Gasteiger partial charge in [-0.3, -0.25) is 0 Å². The van der Waals surface area contributed by atoms with Crippen LogP contribution in [0.1, 0.15) is 0 Å². The highest BCUT2D eigenvalue weighted by atomic mass is 28.4. The lowest BCUT2D eigenvalue weighted by atomic mass is 11.8. The summed E-state index contributed by atoms with van der Waals surface area (Å²) in [5.41, 5.74) is 0. The summed E-state index contributed by atoms with van der Waals surface area (Å²) in [7, 11) is 0.326. The Kier molecular flexibility index (Phi) is 1.81. The molecule has 0 bridgehead atoms. The molecule has 0 aliphatic carbocycles. The fourth-order valence-electron chi connectivity index (χ4n) is 0. The van der Waals surface area contributed by atoms with Crippen LogP contribution in [0, 0.1) is 6.55 Å². The van der Waals surface area contributed by atoms with E-state index in [0.29, 0.717) is 0 Å². The second-order valence-corrected chi connectivity index (χ2v) is 5.89.